The molecule has 3 rings (SSSR count). The van der Waals surface area contributed by atoms with Crippen LogP contribution in [-0.4, -0.2) is 9.55 Å². The van der Waals surface area contributed by atoms with Crippen LogP contribution in [0.1, 0.15) is 18.7 Å². The smallest absolute Gasteiger partial charge is 0.262 e. The van der Waals surface area contributed by atoms with Crippen LogP contribution >= 0.6 is 27.3 Å². The van der Waals surface area contributed by atoms with E-state index in [9.17, 15) is 4.79 Å². The molecule has 0 aliphatic rings. The summed E-state index contributed by atoms with van der Waals surface area (Å²) in [6.07, 6.45) is 1.09. The number of fused-ring (bicyclic) bond motifs is 1. The molecule has 0 unspecified atom stereocenters. The van der Waals surface area contributed by atoms with Crippen LogP contribution in [0.4, 0.5) is 0 Å². The number of nitrogens with zero attached hydrogens (tertiary/aromatic N) is 3. The highest BCUT2D eigenvalue weighted by Gasteiger charge is 2.15. The normalized spacial score (nSPS) is 10.8. The van der Waals surface area contributed by atoms with Gasteiger partial charge in [0.2, 0.25) is 0 Å². The van der Waals surface area contributed by atoms with Crippen molar-refractivity contribution in [3.05, 3.63) is 50.3 Å². The van der Waals surface area contributed by atoms with Crippen molar-refractivity contribution in [1.29, 1.82) is 5.26 Å². The average molecular weight is 388 g/mol. The summed E-state index contributed by atoms with van der Waals surface area (Å²) < 4.78 is 2.68. The lowest BCUT2D eigenvalue weighted by atomic mass is 10.1. The van der Waals surface area contributed by atoms with E-state index in [0.717, 1.165) is 20.4 Å². The monoisotopic (exact) mass is 387 g/mol. The van der Waals surface area contributed by atoms with E-state index >= 15 is 0 Å². The van der Waals surface area contributed by atoms with Crippen LogP contribution in [0.15, 0.2) is 38.9 Å². The van der Waals surface area contributed by atoms with Gasteiger partial charge in [-0.1, -0.05) is 28.1 Å². The van der Waals surface area contributed by atoms with Gasteiger partial charge in [-0.3, -0.25) is 9.36 Å². The maximum Gasteiger partial charge on any atom is 0.262 e. The molecular weight excluding hydrogens is 374 g/mol. The van der Waals surface area contributed by atoms with E-state index in [2.05, 4.69) is 27.0 Å². The van der Waals surface area contributed by atoms with Crippen molar-refractivity contribution in [1.82, 2.24) is 9.55 Å². The van der Waals surface area contributed by atoms with Crippen LogP contribution in [0.3, 0.4) is 0 Å². The molecule has 2 aromatic heterocycles. The number of hydrogen-bond donors (Lipinski definition) is 0. The molecule has 1 aromatic carbocycles. The number of benzene rings is 1. The van der Waals surface area contributed by atoms with Crippen LogP contribution in [0.25, 0.3) is 21.3 Å². The first-order valence-electron chi connectivity index (χ1n) is 7.23. The second kappa shape index (κ2) is 6.65. The van der Waals surface area contributed by atoms with Gasteiger partial charge in [0.05, 0.1) is 11.5 Å². The number of aromatic nitrogens is 2. The molecule has 0 spiro atoms. The molecule has 0 aliphatic heterocycles. The maximum absolute atomic E-state index is 12.9. The van der Waals surface area contributed by atoms with Crippen molar-refractivity contribution in [3.8, 4) is 17.2 Å². The summed E-state index contributed by atoms with van der Waals surface area (Å²) in [4.78, 5) is 18.2. The highest BCUT2D eigenvalue weighted by molar-refractivity contribution is 9.10. The second-order valence-electron chi connectivity index (χ2n) is 5.21. The van der Waals surface area contributed by atoms with Crippen LogP contribution < -0.4 is 5.56 Å². The molecule has 2 heterocycles. The molecule has 0 bridgehead atoms. The highest BCUT2D eigenvalue weighted by Crippen LogP contribution is 2.31. The summed E-state index contributed by atoms with van der Waals surface area (Å²) in [6, 6.07) is 10.0. The molecule has 0 radical (unpaired) electrons. The molecule has 0 amide bonds. The second-order valence-corrected chi connectivity index (χ2v) is 6.99. The largest absolute Gasteiger partial charge is 0.296 e. The summed E-state index contributed by atoms with van der Waals surface area (Å²) in [6.45, 7) is 2.36. The van der Waals surface area contributed by atoms with E-state index in [1.807, 2.05) is 36.6 Å². The fourth-order valence-corrected chi connectivity index (χ4v) is 3.80. The molecule has 6 heteroatoms. The fourth-order valence-electron chi connectivity index (χ4n) is 2.55. The number of rotatable bonds is 4. The van der Waals surface area contributed by atoms with E-state index in [4.69, 9.17) is 5.26 Å². The SMILES string of the molecule is Cc1nc2scc(-c3ccc(Br)cc3)c2c(=O)n1CCCC#N. The molecule has 4 nitrogen and oxygen atoms in total. The van der Waals surface area contributed by atoms with Gasteiger partial charge in [-0.05, 0) is 31.0 Å². The molecule has 23 heavy (non-hydrogen) atoms. The van der Waals surface area contributed by atoms with Gasteiger partial charge in [0.25, 0.3) is 5.56 Å². The zero-order valence-corrected chi connectivity index (χ0v) is 14.9. The lowest BCUT2D eigenvalue weighted by Gasteiger charge is -2.09. The first-order valence-corrected chi connectivity index (χ1v) is 8.90. The van der Waals surface area contributed by atoms with Crippen LogP contribution in [-0.2, 0) is 6.54 Å². The van der Waals surface area contributed by atoms with E-state index in [1.165, 1.54) is 11.3 Å². The fraction of sp³-hybridized carbons (Fsp3) is 0.235. The Kier molecular flexibility index (Phi) is 4.60. The Morgan fingerprint density at radius 2 is 2.09 bits per heavy atom. The van der Waals surface area contributed by atoms with Crippen LogP contribution in [0, 0.1) is 18.3 Å². The van der Waals surface area contributed by atoms with Gasteiger partial charge in [-0.15, -0.1) is 11.3 Å². The quantitative estimate of drug-likeness (QED) is 0.619. The third-order valence-corrected chi connectivity index (χ3v) is 5.11. The van der Waals surface area contributed by atoms with E-state index in [1.54, 1.807) is 4.57 Å². The van der Waals surface area contributed by atoms with Gasteiger partial charge >= 0.3 is 0 Å². The maximum atomic E-state index is 12.9. The van der Waals surface area contributed by atoms with Crippen LogP contribution in [0.5, 0.6) is 0 Å². The first-order chi connectivity index (χ1) is 11.1. The van der Waals surface area contributed by atoms with Crippen molar-refractivity contribution in [2.45, 2.75) is 26.3 Å². The standard InChI is InChI=1S/C17H14BrN3OS/c1-11-20-16-15(17(22)21(11)9-3-2-8-19)14(10-23-16)12-4-6-13(18)7-5-12/h4-7,10H,2-3,9H2,1H3. The van der Waals surface area contributed by atoms with Gasteiger partial charge in [0.15, 0.2) is 0 Å². The van der Waals surface area contributed by atoms with Crippen LogP contribution in [0.2, 0.25) is 0 Å². The Morgan fingerprint density at radius 3 is 2.78 bits per heavy atom. The van der Waals surface area contributed by atoms with Crippen molar-refractivity contribution in [3.63, 3.8) is 0 Å². The molecule has 116 valence electrons. The van der Waals surface area contributed by atoms with Crippen molar-refractivity contribution in [2.75, 3.05) is 0 Å². The predicted molar refractivity (Wildman–Crippen MR) is 96.6 cm³/mol. The number of nitriles is 1. The molecule has 0 N–H and O–H groups in total. The molecule has 0 saturated carbocycles. The van der Waals surface area contributed by atoms with Crippen molar-refractivity contribution in [2.24, 2.45) is 0 Å². The number of unbranched alkanes of at least 4 members (excludes halogenated alkanes) is 1. The summed E-state index contributed by atoms with van der Waals surface area (Å²) in [5.74, 6) is 0.699. The Bertz CT molecular complexity index is 951. The number of aryl methyl sites for hydroxylation is 1. The lowest BCUT2D eigenvalue weighted by Crippen LogP contribution is -2.23. The van der Waals surface area contributed by atoms with Crippen molar-refractivity contribution >= 4 is 37.5 Å². The van der Waals surface area contributed by atoms with Gasteiger partial charge < -0.3 is 0 Å². The topological polar surface area (TPSA) is 58.7 Å². The zero-order valence-electron chi connectivity index (χ0n) is 12.5. The summed E-state index contributed by atoms with van der Waals surface area (Å²) in [5.41, 5.74) is 1.90. The minimum Gasteiger partial charge on any atom is -0.296 e. The molecule has 3 aromatic rings. The van der Waals surface area contributed by atoms with Gasteiger partial charge in [-0.2, -0.15) is 5.26 Å². The Hall–Kier alpha value is -1.97. The third kappa shape index (κ3) is 3.07. The summed E-state index contributed by atoms with van der Waals surface area (Å²) in [7, 11) is 0. The van der Waals surface area contributed by atoms with Gasteiger partial charge in [0.1, 0.15) is 10.7 Å². The summed E-state index contributed by atoms with van der Waals surface area (Å²) in [5, 5.41) is 11.3. The third-order valence-electron chi connectivity index (χ3n) is 3.71. The lowest BCUT2D eigenvalue weighted by molar-refractivity contribution is 0.607. The number of halogens is 1. The molecule has 0 saturated heterocycles. The highest BCUT2D eigenvalue weighted by atomic mass is 79.9. The Labute approximate surface area is 146 Å². The Morgan fingerprint density at radius 1 is 1.35 bits per heavy atom. The van der Waals surface area contributed by atoms with E-state index in [0.29, 0.717) is 30.6 Å². The summed E-state index contributed by atoms with van der Waals surface area (Å²) >= 11 is 4.92. The zero-order chi connectivity index (χ0) is 16.4. The number of thiophene rings is 1. The first kappa shape index (κ1) is 15.9. The molecule has 0 aliphatic carbocycles. The average Bonchev–Trinajstić information content (AvgIpc) is 2.95. The van der Waals surface area contributed by atoms with Gasteiger partial charge in [0, 0.05) is 28.4 Å². The number of hydrogen-bond acceptors (Lipinski definition) is 4. The minimum absolute atomic E-state index is 0.0235. The minimum atomic E-state index is -0.0235. The van der Waals surface area contributed by atoms with Gasteiger partial charge in [-0.25, -0.2) is 4.98 Å². The van der Waals surface area contributed by atoms with Crippen molar-refractivity contribution < 1.29 is 0 Å². The van der Waals surface area contributed by atoms with E-state index < -0.39 is 0 Å². The molecule has 0 atom stereocenters. The predicted octanol–water partition coefficient (Wildman–Crippen LogP) is 4.50. The Balaban J connectivity index is 2.15. The molecule has 0 fully saturated rings. The van der Waals surface area contributed by atoms with E-state index in [-0.39, 0.29) is 5.56 Å². The molecular formula is C17H14BrN3OS.